The number of hydrogen-bond acceptors (Lipinski definition) is 1. The maximum atomic E-state index is 3.92. The van der Waals surface area contributed by atoms with Crippen LogP contribution in [0.15, 0.2) is 41.9 Å². The van der Waals surface area contributed by atoms with Gasteiger partial charge < -0.3 is 0 Å². The van der Waals surface area contributed by atoms with Gasteiger partial charge in [-0.3, -0.25) is 0 Å². The predicted octanol–water partition coefficient (Wildman–Crippen LogP) is 2.76. The number of hydrogen-bond donors (Lipinski definition) is 0. The summed E-state index contributed by atoms with van der Waals surface area (Å²) >= 11 is 1.78. The average molecular weight is 190 g/mol. The number of fused-ring (bicyclic) bond motifs is 1. The van der Waals surface area contributed by atoms with Crippen molar-refractivity contribution in [1.29, 1.82) is 0 Å². The van der Waals surface area contributed by atoms with Gasteiger partial charge in [0.15, 0.2) is 6.54 Å². The second-order valence-electron chi connectivity index (χ2n) is 3.28. The largest absolute Gasteiger partial charge is 0.226 e. The Hall–Kier alpha value is -1.15. The Morgan fingerprint density at radius 3 is 3.00 bits per heavy atom. The van der Waals surface area contributed by atoms with Gasteiger partial charge in [0.25, 0.3) is 0 Å². The molecule has 0 aliphatic carbocycles. The van der Waals surface area contributed by atoms with Crippen molar-refractivity contribution in [1.82, 2.24) is 0 Å². The molecule has 2 aromatic rings. The Labute approximate surface area is 82.0 Å². The smallest absolute Gasteiger partial charge is 0.184 e. The quantitative estimate of drug-likeness (QED) is 0.506. The molecule has 1 aromatic carbocycles. The lowest BCUT2D eigenvalue weighted by molar-refractivity contribution is -0.658. The van der Waals surface area contributed by atoms with Crippen LogP contribution in [0.1, 0.15) is 6.92 Å². The third-order valence-electron chi connectivity index (χ3n) is 1.92. The highest BCUT2D eigenvalue weighted by Crippen LogP contribution is 2.15. The van der Waals surface area contributed by atoms with Crippen molar-refractivity contribution in [2.75, 3.05) is 0 Å². The number of rotatable bonds is 2. The minimum absolute atomic E-state index is 0.921. The summed E-state index contributed by atoms with van der Waals surface area (Å²) in [4.78, 5) is 0. The van der Waals surface area contributed by atoms with Crippen molar-refractivity contribution in [3.8, 4) is 0 Å². The molecular weight excluding hydrogens is 178 g/mol. The number of para-hydroxylation sites is 1. The number of benzene rings is 1. The van der Waals surface area contributed by atoms with Gasteiger partial charge in [-0.1, -0.05) is 30.0 Å². The zero-order valence-corrected chi connectivity index (χ0v) is 8.47. The van der Waals surface area contributed by atoms with E-state index in [4.69, 9.17) is 0 Å². The first kappa shape index (κ1) is 8.45. The summed E-state index contributed by atoms with van der Waals surface area (Å²) in [6, 6.07) is 8.44. The Kier molecular flexibility index (Phi) is 2.15. The number of thiazole rings is 1. The Bertz CT molecular complexity index is 442. The molecule has 66 valence electrons. The summed E-state index contributed by atoms with van der Waals surface area (Å²) in [7, 11) is 0. The van der Waals surface area contributed by atoms with Gasteiger partial charge in [-0.15, -0.1) is 0 Å². The van der Waals surface area contributed by atoms with Crippen molar-refractivity contribution < 1.29 is 4.57 Å². The fraction of sp³-hybridized carbons (Fsp3) is 0.182. The van der Waals surface area contributed by atoms with Crippen LogP contribution in [0.3, 0.4) is 0 Å². The monoisotopic (exact) mass is 190 g/mol. The molecule has 0 aliphatic rings. The van der Waals surface area contributed by atoms with Crippen molar-refractivity contribution in [2.24, 2.45) is 0 Å². The first-order chi connectivity index (χ1) is 6.27. The molecule has 2 heteroatoms. The highest BCUT2D eigenvalue weighted by Gasteiger charge is 2.09. The molecule has 0 spiro atoms. The maximum absolute atomic E-state index is 3.92. The van der Waals surface area contributed by atoms with E-state index in [0.29, 0.717) is 0 Å². The van der Waals surface area contributed by atoms with Crippen LogP contribution in [-0.2, 0) is 6.54 Å². The van der Waals surface area contributed by atoms with E-state index in [1.165, 1.54) is 15.8 Å². The van der Waals surface area contributed by atoms with E-state index < -0.39 is 0 Å². The molecule has 0 N–H and O–H groups in total. The van der Waals surface area contributed by atoms with E-state index in [-0.39, 0.29) is 0 Å². The molecule has 1 nitrogen and oxygen atoms in total. The van der Waals surface area contributed by atoms with Crippen molar-refractivity contribution in [3.63, 3.8) is 0 Å². The molecule has 0 aliphatic heterocycles. The zero-order chi connectivity index (χ0) is 9.26. The first-order valence-corrected chi connectivity index (χ1v) is 5.15. The lowest BCUT2D eigenvalue weighted by Gasteiger charge is -1.91. The summed E-state index contributed by atoms with van der Waals surface area (Å²) in [6.45, 7) is 6.90. The summed E-state index contributed by atoms with van der Waals surface area (Å²) in [5, 5.41) is 0. The second-order valence-corrected chi connectivity index (χ2v) is 4.16. The van der Waals surface area contributed by atoms with Gasteiger partial charge >= 0.3 is 0 Å². The fourth-order valence-corrected chi connectivity index (χ4v) is 2.28. The van der Waals surface area contributed by atoms with E-state index >= 15 is 0 Å². The number of nitrogens with zero attached hydrogens (tertiary/aromatic N) is 1. The van der Waals surface area contributed by atoms with Crippen LogP contribution in [0.4, 0.5) is 0 Å². The maximum Gasteiger partial charge on any atom is 0.226 e. The molecule has 1 heterocycles. The predicted molar refractivity (Wildman–Crippen MR) is 56.8 cm³/mol. The zero-order valence-electron chi connectivity index (χ0n) is 7.66. The van der Waals surface area contributed by atoms with Crippen LogP contribution in [0, 0.1) is 0 Å². The average Bonchev–Trinajstić information content (AvgIpc) is 2.48. The SMILES string of the molecule is C=C(C)C[n+]1csc2ccccc21. The van der Waals surface area contributed by atoms with Crippen LogP contribution >= 0.6 is 11.3 Å². The highest BCUT2D eigenvalue weighted by atomic mass is 32.1. The van der Waals surface area contributed by atoms with Gasteiger partial charge in [-0.2, -0.15) is 4.57 Å². The summed E-state index contributed by atoms with van der Waals surface area (Å²) in [5.41, 5.74) is 4.64. The van der Waals surface area contributed by atoms with Gasteiger partial charge in [0.05, 0.1) is 0 Å². The minimum Gasteiger partial charge on any atom is -0.184 e. The topological polar surface area (TPSA) is 3.88 Å². The Morgan fingerprint density at radius 2 is 2.23 bits per heavy atom. The van der Waals surface area contributed by atoms with E-state index in [1.807, 2.05) is 0 Å². The minimum atomic E-state index is 0.921. The van der Waals surface area contributed by atoms with Crippen LogP contribution in [0.5, 0.6) is 0 Å². The van der Waals surface area contributed by atoms with Crippen LogP contribution in [0.2, 0.25) is 0 Å². The molecule has 0 unspecified atom stereocenters. The second kappa shape index (κ2) is 3.30. The van der Waals surface area contributed by atoms with E-state index in [2.05, 4.69) is 47.8 Å². The summed E-state index contributed by atoms with van der Waals surface area (Å²) in [6.07, 6.45) is 0. The van der Waals surface area contributed by atoms with Crippen LogP contribution in [-0.4, -0.2) is 0 Å². The lowest BCUT2D eigenvalue weighted by atomic mass is 10.3. The van der Waals surface area contributed by atoms with Gasteiger partial charge in [0, 0.05) is 6.07 Å². The van der Waals surface area contributed by atoms with E-state index in [0.717, 1.165) is 6.54 Å². The molecule has 0 fully saturated rings. The molecule has 1 aromatic heterocycles. The molecule has 0 bridgehead atoms. The number of aromatic nitrogens is 1. The third kappa shape index (κ3) is 1.63. The standard InChI is InChI=1S/C11H12NS/c1-9(2)7-12-8-13-11-6-4-3-5-10(11)12/h3-6,8H,1,7H2,2H3/q+1. The molecule has 2 rings (SSSR count). The summed E-state index contributed by atoms with van der Waals surface area (Å²) in [5.74, 6) is 0. The van der Waals surface area contributed by atoms with Crippen molar-refractivity contribution in [3.05, 3.63) is 41.9 Å². The highest BCUT2D eigenvalue weighted by molar-refractivity contribution is 7.16. The van der Waals surface area contributed by atoms with Gasteiger partial charge in [-0.25, -0.2) is 0 Å². The third-order valence-corrected chi connectivity index (χ3v) is 2.88. The Balaban J connectivity index is 2.51. The van der Waals surface area contributed by atoms with Gasteiger partial charge in [0.1, 0.15) is 4.70 Å². The Morgan fingerprint density at radius 1 is 1.46 bits per heavy atom. The molecule has 0 radical (unpaired) electrons. The molecule has 0 saturated heterocycles. The van der Waals surface area contributed by atoms with E-state index in [9.17, 15) is 0 Å². The van der Waals surface area contributed by atoms with Crippen molar-refractivity contribution >= 4 is 21.6 Å². The normalized spacial score (nSPS) is 10.5. The number of allylic oxidation sites excluding steroid dienone is 1. The van der Waals surface area contributed by atoms with Gasteiger partial charge in [-0.05, 0) is 18.6 Å². The van der Waals surface area contributed by atoms with Crippen molar-refractivity contribution in [2.45, 2.75) is 13.5 Å². The fourth-order valence-electron chi connectivity index (χ4n) is 1.38. The van der Waals surface area contributed by atoms with E-state index in [1.54, 1.807) is 11.3 Å². The van der Waals surface area contributed by atoms with Crippen LogP contribution < -0.4 is 4.57 Å². The molecular formula is C11H12NS+. The molecule has 13 heavy (non-hydrogen) atoms. The van der Waals surface area contributed by atoms with Crippen LogP contribution in [0.25, 0.3) is 10.2 Å². The summed E-state index contributed by atoms with van der Waals surface area (Å²) < 4.78 is 3.58. The molecule has 0 saturated carbocycles. The lowest BCUT2D eigenvalue weighted by Crippen LogP contribution is -2.31. The molecule has 0 amide bonds. The van der Waals surface area contributed by atoms with Gasteiger partial charge in [0.2, 0.25) is 11.0 Å². The molecule has 0 atom stereocenters. The first-order valence-electron chi connectivity index (χ1n) is 4.27.